The molecule has 9 aromatic rings. The molecule has 0 amide bonds. The molecule has 0 saturated carbocycles. The van der Waals surface area contributed by atoms with E-state index in [1.165, 1.54) is 38.2 Å². The van der Waals surface area contributed by atoms with Crippen LogP contribution in [0.5, 0.6) is 0 Å². The molecule has 10 rings (SSSR count). The molecule has 4 nitrogen and oxygen atoms in total. The molecule has 1 aliphatic carbocycles. The van der Waals surface area contributed by atoms with Crippen molar-refractivity contribution in [3.8, 4) is 23.3 Å². The number of allylic oxidation sites excluding steroid dienone is 2. The zero-order valence-corrected chi connectivity index (χ0v) is 33.6. The van der Waals surface area contributed by atoms with Gasteiger partial charge in [-0.15, -0.1) is 0 Å². The van der Waals surface area contributed by atoms with E-state index in [1.54, 1.807) is 0 Å². The van der Waals surface area contributed by atoms with Gasteiger partial charge in [-0.05, 0) is 118 Å². The summed E-state index contributed by atoms with van der Waals surface area (Å²) >= 11 is 0. The van der Waals surface area contributed by atoms with E-state index in [4.69, 9.17) is 0 Å². The van der Waals surface area contributed by atoms with Gasteiger partial charge in [-0.1, -0.05) is 135 Å². The number of nitrogens with zero attached hydrogens (tertiary/aromatic N) is 4. The molecule has 0 heterocycles. The Morgan fingerprint density at radius 1 is 0.483 bits per heavy atom. The van der Waals surface area contributed by atoms with E-state index < -0.39 is 0 Å². The lowest BCUT2D eigenvalue weighted by Gasteiger charge is -2.41. The van der Waals surface area contributed by atoms with Gasteiger partial charge in [0, 0.05) is 39.3 Å². The highest BCUT2D eigenvalue weighted by molar-refractivity contribution is 6.28. The molecule has 0 aromatic heterocycles. The van der Waals surface area contributed by atoms with Crippen LogP contribution < -0.4 is 9.80 Å². The Bertz CT molecular complexity index is 3120. The van der Waals surface area contributed by atoms with Gasteiger partial charge in [0.15, 0.2) is 0 Å². The van der Waals surface area contributed by atoms with Crippen molar-refractivity contribution in [3.63, 3.8) is 0 Å². The van der Waals surface area contributed by atoms with Crippen molar-refractivity contribution < 1.29 is 0 Å². The molecule has 0 N–H and O–H groups in total. The molecular formula is C56H42N4. The van der Waals surface area contributed by atoms with Crippen LogP contribution >= 0.6 is 0 Å². The Morgan fingerprint density at radius 2 is 0.983 bits per heavy atom. The van der Waals surface area contributed by atoms with Crippen LogP contribution in [-0.4, -0.2) is 0 Å². The smallest absolute Gasteiger partial charge is 0.0991 e. The monoisotopic (exact) mass is 770 g/mol. The first-order valence-corrected chi connectivity index (χ1v) is 20.7. The fourth-order valence-electron chi connectivity index (χ4n) is 9.51. The Hall–Kier alpha value is -7.66. The second kappa shape index (κ2) is 15.3. The molecule has 0 aliphatic heterocycles. The number of hydrogen-bond acceptors (Lipinski definition) is 4. The number of rotatable bonds is 8. The molecule has 4 heteroatoms. The van der Waals surface area contributed by atoms with E-state index in [1.807, 2.05) is 24.3 Å². The highest BCUT2D eigenvalue weighted by atomic mass is 15.2. The maximum atomic E-state index is 9.80. The van der Waals surface area contributed by atoms with Crippen molar-refractivity contribution in [2.75, 3.05) is 9.80 Å². The fraction of sp³-hybridized carbons (Fsp3) is 0.107. The third kappa shape index (κ3) is 6.22. The Balaban J connectivity index is 1.23. The number of benzene rings is 9. The van der Waals surface area contributed by atoms with Crippen LogP contribution in [0.4, 0.5) is 28.4 Å². The first-order chi connectivity index (χ1) is 29.5. The van der Waals surface area contributed by atoms with Gasteiger partial charge < -0.3 is 9.80 Å². The summed E-state index contributed by atoms with van der Waals surface area (Å²) in [6.45, 7) is 4.76. The van der Waals surface area contributed by atoms with Crippen molar-refractivity contribution in [2.45, 2.75) is 26.2 Å². The molecule has 3 unspecified atom stereocenters. The molecule has 0 saturated heterocycles. The summed E-state index contributed by atoms with van der Waals surface area (Å²) in [5.74, 6) is 1.09. The van der Waals surface area contributed by atoms with Gasteiger partial charge in [-0.3, -0.25) is 0 Å². The average Bonchev–Trinajstić information content (AvgIpc) is 3.31. The standard InChI is InChI=1S/C56H42N4/c1-37-17-32-53(54(38(37)2)42-13-7-4-8-14-42)60(46-28-20-40(36-58)21-29-46)52-34-25-44-22-30-48-51(33-24-43-23-31-49(52)56(44)55(43)48)59(45-26-18-39(35-57)19-27-45)50-16-10-9-15-47(50)41-11-5-3-6-12-41/h3-16,18-34,37-38,54H,17H2,1-2H3. The summed E-state index contributed by atoms with van der Waals surface area (Å²) in [4.78, 5) is 4.81. The predicted molar refractivity (Wildman–Crippen MR) is 248 cm³/mol. The normalized spacial score (nSPS) is 16.3. The van der Waals surface area contributed by atoms with Crippen LogP contribution in [0.25, 0.3) is 43.4 Å². The van der Waals surface area contributed by atoms with Gasteiger partial charge in [-0.25, -0.2) is 0 Å². The first kappa shape index (κ1) is 36.7. The van der Waals surface area contributed by atoms with Gasteiger partial charge >= 0.3 is 0 Å². The Labute approximate surface area is 351 Å². The quantitative estimate of drug-likeness (QED) is 0.144. The Kier molecular flexibility index (Phi) is 9.32. The van der Waals surface area contributed by atoms with Gasteiger partial charge in [0.25, 0.3) is 0 Å². The van der Waals surface area contributed by atoms with Crippen LogP contribution in [0, 0.1) is 34.5 Å². The van der Waals surface area contributed by atoms with Gasteiger partial charge in [0.2, 0.25) is 0 Å². The van der Waals surface area contributed by atoms with E-state index in [9.17, 15) is 10.5 Å². The third-order valence-corrected chi connectivity index (χ3v) is 12.7. The molecule has 286 valence electrons. The molecule has 1 aliphatic rings. The van der Waals surface area contributed by atoms with Crippen molar-refractivity contribution in [1.29, 1.82) is 10.5 Å². The summed E-state index contributed by atoms with van der Waals surface area (Å²) in [5, 5.41) is 26.6. The molecule has 3 atom stereocenters. The number of anilines is 5. The summed E-state index contributed by atoms with van der Waals surface area (Å²) in [6, 6.07) is 68.8. The van der Waals surface area contributed by atoms with E-state index in [2.05, 4.69) is 200 Å². The predicted octanol–water partition coefficient (Wildman–Crippen LogP) is 14.9. The van der Waals surface area contributed by atoms with Crippen LogP contribution in [0.1, 0.15) is 42.9 Å². The molecule has 0 fully saturated rings. The minimum Gasteiger partial charge on any atom is -0.313 e. The van der Waals surface area contributed by atoms with Gasteiger partial charge in [0.05, 0.1) is 40.3 Å². The van der Waals surface area contributed by atoms with Crippen molar-refractivity contribution >= 4 is 60.8 Å². The highest BCUT2D eigenvalue weighted by Gasteiger charge is 2.35. The summed E-state index contributed by atoms with van der Waals surface area (Å²) in [5.41, 5.74) is 11.3. The molecular weight excluding hydrogens is 729 g/mol. The summed E-state index contributed by atoms with van der Waals surface area (Å²) < 4.78 is 0. The first-order valence-electron chi connectivity index (χ1n) is 20.7. The maximum Gasteiger partial charge on any atom is 0.0991 e. The average molecular weight is 771 g/mol. The summed E-state index contributed by atoms with van der Waals surface area (Å²) in [7, 11) is 0. The van der Waals surface area contributed by atoms with Crippen molar-refractivity contribution in [3.05, 3.63) is 210 Å². The maximum absolute atomic E-state index is 9.80. The molecule has 0 bridgehead atoms. The molecule has 0 radical (unpaired) electrons. The van der Waals surface area contributed by atoms with Crippen LogP contribution in [0.2, 0.25) is 0 Å². The van der Waals surface area contributed by atoms with Crippen LogP contribution in [0.15, 0.2) is 194 Å². The van der Waals surface area contributed by atoms with Crippen LogP contribution in [-0.2, 0) is 0 Å². The van der Waals surface area contributed by atoms with Crippen molar-refractivity contribution in [2.24, 2.45) is 11.8 Å². The molecule has 0 spiro atoms. The highest BCUT2D eigenvalue weighted by Crippen LogP contribution is 2.51. The lowest BCUT2D eigenvalue weighted by atomic mass is 9.72. The zero-order chi connectivity index (χ0) is 40.7. The second-order valence-electron chi connectivity index (χ2n) is 16.1. The minimum atomic E-state index is 0.168. The van der Waals surface area contributed by atoms with E-state index in [-0.39, 0.29) is 5.92 Å². The van der Waals surface area contributed by atoms with Crippen molar-refractivity contribution in [1.82, 2.24) is 0 Å². The van der Waals surface area contributed by atoms with E-state index in [0.29, 0.717) is 23.0 Å². The van der Waals surface area contributed by atoms with Crippen LogP contribution in [0.3, 0.4) is 0 Å². The minimum absolute atomic E-state index is 0.168. The van der Waals surface area contributed by atoms with Gasteiger partial charge in [-0.2, -0.15) is 10.5 Å². The van der Waals surface area contributed by atoms with E-state index in [0.717, 1.165) is 51.4 Å². The fourth-order valence-corrected chi connectivity index (χ4v) is 9.51. The lowest BCUT2D eigenvalue weighted by molar-refractivity contribution is 0.329. The molecule has 9 aromatic carbocycles. The summed E-state index contributed by atoms with van der Waals surface area (Å²) in [6.07, 6.45) is 3.44. The van der Waals surface area contributed by atoms with Gasteiger partial charge in [0.1, 0.15) is 0 Å². The number of nitriles is 2. The number of hydrogen-bond donors (Lipinski definition) is 0. The zero-order valence-electron chi connectivity index (χ0n) is 33.6. The van der Waals surface area contributed by atoms with E-state index >= 15 is 0 Å². The lowest BCUT2D eigenvalue weighted by Crippen LogP contribution is -2.31. The number of para-hydroxylation sites is 1. The SMILES string of the molecule is CC1CC=C(N(c2ccc(C#N)cc2)c2ccc3ccc4c(N(c5ccc(C#N)cc5)c5ccccc5-c5ccccc5)ccc5ccc2c3c54)C(c2ccccc2)C1C. The topological polar surface area (TPSA) is 54.1 Å². The largest absolute Gasteiger partial charge is 0.313 e. The second-order valence-corrected chi connectivity index (χ2v) is 16.1. The molecule has 60 heavy (non-hydrogen) atoms. The third-order valence-electron chi connectivity index (χ3n) is 12.7. The Morgan fingerprint density at radius 3 is 1.57 bits per heavy atom.